The lowest BCUT2D eigenvalue weighted by molar-refractivity contribution is -0.136. The summed E-state index contributed by atoms with van der Waals surface area (Å²) in [5.74, 6) is -1.11. The van der Waals surface area contributed by atoms with Gasteiger partial charge in [0.1, 0.15) is 40.7 Å². The Bertz CT molecular complexity index is 1410. The lowest BCUT2D eigenvalue weighted by atomic mass is 10.1. The van der Waals surface area contributed by atoms with Gasteiger partial charge in [-0.25, -0.2) is 9.59 Å². The van der Waals surface area contributed by atoms with Gasteiger partial charge in [0.25, 0.3) is 0 Å². The zero-order chi connectivity index (χ0) is 24.8. The van der Waals surface area contributed by atoms with Crippen LogP contribution >= 0.6 is 0 Å². The lowest BCUT2D eigenvalue weighted by Crippen LogP contribution is -2.43. The number of nitrogens with one attached hydrogen (secondary N) is 1. The van der Waals surface area contributed by atoms with Crippen LogP contribution < -0.4 is 15.5 Å². The third-order valence-electron chi connectivity index (χ3n) is 5.49. The minimum Gasteiger partial charge on any atom is -0.507 e. The van der Waals surface area contributed by atoms with Gasteiger partial charge in [0.05, 0.1) is 5.39 Å². The number of aromatic hydroxyl groups is 1. The summed E-state index contributed by atoms with van der Waals surface area (Å²) in [7, 11) is 0. The van der Waals surface area contributed by atoms with Crippen molar-refractivity contribution in [2.75, 3.05) is 0 Å². The molecule has 0 aliphatic rings. The molecular weight excluding hydrogens is 450 g/mol. The van der Waals surface area contributed by atoms with E-state index in [1.807, 2.05) is 37.3 Å². The maximum absolute atomic E-state index is 12.9. The van der Waals surface area contributed by atoms with Crippen LogP contribution in [0.3, 0.4) is 0 Å². The molecule has 1 heterocycles. The van der Waals surface area contributed by atoms with E-state index in [2.05, 4.69) is 5.32 Å². The number of amides is 1. The summed E-state index contributed by atoms with van der Waals surface area (Å²) in [6.45, 7) is 2.03. The number of para-hydroxylation sites is 1. The van der Waals surface area contributed by atoms with Crippen molar-refractivity contribution < 1.29 is 28.6 Å². The predicted molar refractivity (Wildman–Crippen MR) is 130 cm³/mol. The number of hydrogen-bond donors (Lipinski definition) is 2. The Morgan fingerprint density at radius 3 is 2.54 bits per heavy atom. The van der Waals surface area contributed by atoms with Gasteiger partial charge >= 0.3 is 12.1 Å². The van der Waals surface area contributed by atoms with Crippen molar-refractivity contribution in [3.63, 3.8) is 0 Å². The van der Waals surface area contributed by atoms with E-state index in [1.54, 1.807) is 24.3 Å². The molecule has 2 N–H and O–H groups in total. The summed E-state index contributed by atoms with van der Waals surface area (Å²) in [4.78, 5) is 38.0. The number of benzene rings is 3. The Balaban J connectivity index is 1.51. The Morgan fingerprint density at radius 2 is 1.77 bits per heavy atom. The smallest absolute Gasteiger partial charge is 0.408 e. The van der Waals surface area contributed by atoms with Gasteiger partial charge in [-0.05, 0) is 24.1 Å². The van der Waals surface area contributed by atoms with Crippen LogP contribution in [0.5, 0.6) is 11.5 Å². The zero-order valence-corrected chi connectivity index (χ0v) is 19.2. The molecule has 4 rings (SSSR count). The van der Waals surface area contributed by atoms with Crippen molar-refractivity contribution >= 4 is 34.0 Å². The SMILES string of the molecule is CCCC[C@@H](NC(=O)OCc1ccccc1)C(=O)Oc1cc(O)c2c(=O)c3ccccc3oc2c1. The fourth-order valence-corrected chi connectivity index (χ4v) is 3.69. The Hall–Kier alpha value is -4.33. The minimum atomic E-state index is -0.959. The van der Waals surface area contributed by atoms with Gasteiger partial charge < -0.3 is 24.3 Å². The molecule has 1 atom stereocenters. The number of rotatable bonds is 8. The van der Waals surface area contributed by atoms with Gasteiger partial charge in [-0.3, -0.25) is 4.79 Å². The Kier molecular flexibility index (Phi) is 7.30. The van der Waals surface area contributed by atoms with Gasteiger partial charge in [-0.1, -0.05) is 62.2 Å². The summed E-state index contributed by atoms with van der Waals surface area (Å²) >= 11 is 0. The number of carbonyl (C=O) groups excluding carboxylic acids is 2. The highest BCUT2D eigenvalue weighted by Gasteiger charge is 2.24. The monoisotopic (exact) mass is 475 g/mol. The molecule has 35 heavy (non-hydrogen) atoms. The first-order chi connectivity index (χ1) is 17.0. The highest BCUT2D eigenvalue weighted by Crippen LogP contribution is 2.30. The van der Waals surface area contributed by atoms with E-state index in [-0.39, 0.29) is 34.5 Å². The van der Waals surface area contributed by atoms with Gasteiger partial charge in [-0.2, -0.15) is 0 Å². The van der Waals surface area contributed by atoms with Crippen LogP contribution in [0.15, 0.2) is 75.9 Å². The molecule has 3 aromatic carbocycles. The zero-order valence-electron chi connectivity index (χ0n) is 19.2. The molecule has 8 heteroatoms. The van der Waals surface area contributed by atoms with Crippen molar-refractivity contribution in [3.8, 4) is 11.5 Å². The average molecular weight is 475 g/mol. The highest BCUT2D eigenvalue weighted by molar-refractivity contribution is 5.94. The Labute approximate surface area is 201 Å². The fraction of sp³-hybridized carbons (Fsp3) is 0.222. The largest absolute Gasteiger partial charge is 0.507 e. The van der Waals surface area contributed by atoms with Crippen LogP contribution in [0, 0.1) is 0 Å². The van der Waals surface area contributed by atoms with Crippen LogP contribution in [-0.4, -0.2) is 23.2 Å². The molecule has 0 bridgehead atoms. The summed E-state index contributed by atoms with van der Waals surface area (Å²) in [6, 6.07) is 17.4. The van der Waals surface area contributed by atoms with Crippen molar-refractivity contribution in [2.24, 2.45) is 0 Å². The third kappa shape index (κ3) is 5.60. The molecule has 0 radical (unpaired) electrons. The normalized spacial score (nSPS) is 11.8. The minimum absolute atomic E-state index is 0.00588. The number of phenolic OH excluding ortho intramolecular Hbond substituents is 1. The van der Waals surface area contributed by atoms with E-state index in [9.17, 15) is 19.5 Å². The number of phenols is 1. The van der Waals surface area contributed by atoms with E-state index in [1.165, 1.54) is 12.1 Å². The number of carbonyl (C=O) groups is 2. The third-order valence-corrected chi connectivity index (χ3v) is 5.49. The number of hydrogen-bond acceptors (Lipinski definition) is 7. The predicted octanol–water partition coefficient (Wildman–Crippen LogP) is 5.04. The summed E-state index contributed by atoms with van der Waals surface area (Å²) in [5.41, 5.74) is 0.852. The van der Waals surface area contributed by atoms with Gasteiger partial charge in [-0.15, -0.1) is 0 Å². The van der Waals surface area contributed by atoms with E-state index < -0.39 is 18.1 Å². The standard InChI is InChI=1S/C27H25NO7/c1-2-3-12-20(28-27(32)33-16-17-9-5-4-6-10-17)26(31)34-18-14-21(29)24-23(15-18)35-22-13-8-7-11-19(22)25(24)30/h4-11,13-15,20,29H,2-3,12,16H2,1H3,(H,28,32)/t20-/m1/s1. The van der Waals surface area contributed by atoms with E-state index in [4.69, 9.17) is 13.9 Å². The maximum Gasteiger partial charge on any atom is 0.408 e. The molecule has 0 saturated carbocycles. The van der Waals surface area contributed by atoms with Gasteiger partial charge in [0, 0.05) is 12.1 Å². The van der Waals surface area contributed by atoms with E-state index in [0.29, 0.717) is 23.8 Å². The van der Waals surface area contributed by atoms with Crippen molar-refractivity contribution in [1.82, 2.24) is 5.32 Å². The van der Waals surface area contributed by atoms with Crippen LogP contribution in [-0.2, 0) is 16.1 Å². The quantitative estimate of drug-likeness (QED) is 0.208. The summed E-state index contributed by atoms with van der Waals surface area (Å²) in [6.07, 6.45) is 1.07. The summed E-state index contributed by atoms with van der Waals surface area (Å²) < 4.78 is 16.4. The number of esters is 1. The number of ether oxygens (including phenoxy) is 2. The molecule has 1 amide bonds. The molecule has 0 saturated heterocycles. The van der Waals surface area contributed by atoms with Gasteiger partial charge in [0.2, 0.25) is 5.43 Å². The second-order valence-electron chi connectivity index (χ2n) is 8.06. The van der Waals surface area contributed by atoms with Crippen LogP contribution in [0.4, 0.5) is 4.79 Å². The van der Waals surface area contributed by atoms with Crippen LogP contribution in [0.25, 0.3) is 21.9 Å². The average Bonchev–Trinajstić information content (AvgIpc) is 2.85. The number of unbranched alkanes of at least 4 members (excludes halogenated alkanes) is 1. The van der Waals surface area contributed by atoms with E-state index >= 15 is 0 Å². The number of fused-ring (bicyclic) bond motifs is 2. The molecule has 0 fully saturated rings. The van der Waals surface area contributed by atoms with Crippen molar-refractivity contribution in [2.45, 2.75) is 38.8 Å². The summed E-state index contributed by atoms with van der Waals surface area (Å²) in [5, 5.41) is 13.3. The molecule has 8 nitrogen and oxygen atoms in total. The van der Waals surface area contributed by atoms with Crippen molar-refractivity contribution in [1.29, 1.82) is 0 Å². The second-order valence-corrected chi connectivity index (χ2v) is 8.06. The molecule has 0 spiro atoms. The molecule has 180 valence electrons. The molecule has 4 aromatic rings. The van der Waals surface area contributed by atoms with Crippen LogP contribution in [0.1, 0.15) is 31.7 Å². The first-order valence-corrected chi connectivity index (χ1v) is 11.3. The van der Waals surface area contributed by atoms with Crippen LogP contribution in [0.2, 0.25) is 0 Å². The Morgan fingerprint density at radius 1 is 1.03 bits per heavy atom. The van der Waals surface area contributed by atoms with Gasteiger partial charge in [0.15, 0.2) is 0 Å². The lowest BCUT2D eigenvalue weighted by Gasteiger charge is -2.17. The second kappa shape index (κ2) is 10.7. The molecule has 1 aromatic heterocycles. The first-order valence-electron chi connectivity index (χ1n) is 11.3. The molecule has 0 unspecified atom stereocenters. The van der Waals surface area contributed by atoms with E-state index in [0.717, 1.165) is 12.0 Å². The number of alkyl carbamates (subject to hydrolysis) is 1. The topological polar surface area (TPSA) is 115 Å². The molecular formula is C27H25NO7. The molecule has 0 aliphatic carbocycles. The fourth-order valence-electron chi connectivity index (χ4n) is 3.69. The highest BCUT2D eigenvalue weighted by atomic mass is 16.6. The van der Waals surface area contributed by atoms with Crippen molar-refractivity contribution in [3.05, 3.63) is 82.5 Å². The first kappa shape index (κ1) is 23.8. The maximum atomic E-state index is 12.9. The molecule has 0 aliphatic heterocycles.